The van der Waals surface area contributed by atoms with Gasteiger partial charge in [-0.3, -0.25) is 9.52 Å². The van der Waals surface area contributed by atoms with Crippen molar-refractivity contribution in [1.82, 2.24) is 5.32 Å². The molecular formula is C24H26N2O4S. The molecule has 0 heterocycles. The number of ether oxygens (including phenoxy) is 1. The molecule has 0 fully saturated rings. The maximum absolute atomic E-state index is 12.7. The normalized spacial score (nSPS) is 12.1. The second-order valence-corrected chi connectivity index (χ2v) is 9.18. The van der Waals surface area contributed by atoms with Crippen LogP contribution in [0.2, 0.25) is 0 Å². The Bertz CT molecular complexity index is 1140. The SMILES string of the molecule is Cc1ccc(NS(=O)(=O)c2cccc(C(=O)N[C@@H](C)COc3ccc(C)cc3)c2)cc1. The van der Waals surface area contributed by atoms with E-state index < -0.39 is 10.0 Å². The van der Waals surface area contributed by atoms with Crippen LogP contribution in [-0.2, 0) is 10.0 Å². The molecule has 1 atom stereocenters. The first kappa shape index (κ1) is 22.4. The second-order valence-electron chi connectivity index (χ2n) is 7.50. The van der Waals surface area contributed by atoms with Gasteiger partial charge in [0.25, 0.3) is 15.9 Å². The van der Waals surface area contributed by atoms with Crippen LogP contribution < -0.4 is 14.8 Å². The molecule has 0 aromatic heterocycles. The van der Waals surface area contributed by atoms with Crippen LogP contribution in [0, 0.1) is 13.8 Å². The van der Waals surface area contributed by atoms with Crippen molar-refractivity contribution in [2.45, 2.75) is 31.7 Å². The summed E-state index contributed by atoms with van der Waals surface area (Å²) >= 11 is 0. The molecule has 0 aliphatic heterocycles. The van der Waals surface area contributed by atoms with Gasteiger partial charge in [-0.25, -0.2) is 8.42 Å². The summed E-state index contributed by atoms with van der Waals surface area (Å²) < 4.78 is 33.6. The summed E-state index contributed by atoms with van der Waals surface area (Å²) in [7, 11) is -3.82. The Labute approximate surface area is 183 Å². The number of rotatable bonds is 8. The van der Waals surface area contributed by atoms with Crippen LogP contribution >= 0.6 is 0 Å². The number of hydrogen-bond donors (Lipinski definition) is 2. The second kappa shape index (κ2) is 9.66. The smallest absolute Gasteiger partial charge is 0.261 e. The molecule has 6 nitrogen and oxygen atoms in total. The minimum absolute atomic E-state index is 0.0179. The molecule has 31 heavy (non-hydrogen) atoms. The minimum atomic E-state index is -3.82. The van der Waals surface area contributed by atoms with Crippen LogP contribution in [0.3, 0.4) is 0 Å². The Morgan fingerprint density at radius 2 is 1.55 bits per heavy atom. The standard InChI is InChI=1S/C24H26N2O4S/c1-17-7-11-21(12-8-17)26-31(28,29)23-6-4-5-20(15-23)24(27)25-19(3)16-30-22-13-9-18(2)10-14-22/h4-15,19,26H,16H2,1-3H3,(H,25,27)/t19-/m0/s1. The van der Waals surface area contributed by atoms with Crippen LogP contribution in [0.15, 0.2) is 77.7 Å². The van der Waals surface area contributed by atoms with Gasteiger partial charge in [0, 0.05) is 11.3 Å². The monoisotopic (exact) mass is 438 g/mol. The van der Waals surface area contributed by atoms with Crippen molar-refractivity contribution in [3.63, 3.8) is 0 Å². The number of carbonyl (C=O) groups is 1. The minimum Gasteiger partial charge on any atom is -0.491 e. The summed E-state index contributed by atoms with van der Waals surface area (Å²) in [6.07, 6.45) is 0. The van der Waals surface area contributed by atoms with Crippen LogP contribution in [0.25, 0.3) is 0 Å². The third-order valence-electron chi connectivity index (χ3n) is 4.61. The first-order chi connectivity index (χ1) is 14.7. The van der Waals surface area contributed by atoms with Gasteiger partial charge < -0.3 is 10.1 Å². The lowest BCUT2D eigenvalue weighted by Crippen LogP contribution is -2.36. The van der Waals surface area contributed by atoms with Gasteiger partial charge in [-0.1, -0.05) is 41.5 Å². The molecule has 3 aromatic carbocycles. The van der Waals surface area contributed by atoms with Gasteiger partial charge in [0.1, 0.15) is 12.4 Å². The van der Waals surface area contributed by atoms with Gasteiger partial charge in [0.15, 0.2) is 0 Å². The van der Waals surface area contributed by atoms with E-state index in [9.17, 15) is 13.2 Å². The highest BCUT2D eigenvalue weighted by Crippen LogP contribution is 2.18. The van der Waals surface area contributed by atoms with Crippen LogP contribution in [-0.4, -0.2) is 27.0 Å². The average Bonchev–Trinajstić information content (AvgIpc) is 2.75. The van der Waals surface area contributed by atoms with E-state index in [2.05, 4.69) is 10.0 Å². The molecule has 0 saturated carbocycles. The number of amides is 1. The fraction of sp³-hybridized carbons (Fsp3) is 0.208. The fourth-order valence-corrected chi connectivity index (χ4v) is 3.95. The van der Waals surface area contributed by atoms with Crippen molar-refractivity contribution in [1.29, 1.82) is 0 Å². The zero-order chi connectivity index (χ0) is 22.4. The lowest BCUT2D eigenvalue weighted by atomic mass is 10.2. The Morgan fingerprint density at radius 1 is 0.935 bits per heavy atom. The molecule has 0 aliphatic carbocycles. The molecule has 0 bridgehead atoms. The van der Waals surface area contributed by atoms with Gasteiger partial charge in [-0.2, -0.15) is 0 Å². The molecule has 162 valence electrons. The van der Waals surface area contributed by atoms with E-state index in [4.69, 9.17) is 4.74 Å². The van der Waals surface area contributed by atoms with E-state index >= 15 is 0 Å². The van der Waals surface area contributed by atoms with E-state index in [1.54, 1.807) is 24.3 Å². The number of anilines is 1. The number of nitrogens with one attached hydrogen (secondary N) is 2. The molecule has 7 heteroatoms. The number of hydrogen-bond acceptors (Lipinski definition) is 4. The zero-order valence-electron chi connectivity index (χ0n) is 17.8. The maximum atomic E-state index is 12.7. The van der Waals surface area contributed by atoms with E-state index in [1.807, 2.05) is 57.2 Å². The highest BCUT2D eigenvalue weighted by molar-refractivity contribution is 7.92. The van der Waals surface area contributed by atoms with Crippen molar-refractivity contribution in [2.24, 2.45) is 0 Å². The third-order valence-corrected chi connectivity index (χ3v) is 5.99. The molecule has 3 rings (SSSR count). The van der Waals surface area contributed by atoms with Crippen LogP contribution in [0.1, 0.15) is 28.4 Å². The molecule has 1 amide bonds. The van der Waals surface area contributed by atoms with Crippen molar-refractivity contribution in [3.8, 4) is 5.75 Å². The Balaban J connectivity index is 1.63. The molecule has 0 spiro atoms. The molecule has 0 unspecified atom stereocenters. The predicted octanol–water partition coefficient (Wildman–Crippen LogP) is 4.30. The van der Waals surface area contributed by atoms with Crippen molar-refractivity contribution in [3.05, 3.63) is 89.5 Å². The molecule has 0 saturated heterocycles. The lowest BCUT2D eigenvalue weighted by molar-refractivity contribution is 0.0926. The topological polar surface area (TPSA) is 84.5 Å². The Morgan fingerprint density at radius 3 is 2.19 bits per heavy atom. The molecule has 2 N–H and O–H groups in total. The van der Waals surface area contributed by atoms with Crippen molar-refractivity contribution >= 4 is 21.6 Å². The predicted molar refractivity (Wildman–Crippen MR) is 122 cm³/mol. The summed E-state index contributed by atoms with van der Waals surface area (Å²) in [6.45, 7) is 6.04. The molecular weight excluding hydrogens is 412 g/mol. The molecule has 0 radical (unpaired) electrons. The molecule has 3 aromatic rings. The summed E-state index contributed by atoms with van der Waals surface area (Å²) in [4.78, 5) is 12.6. The number of sulfonamides is 1. The first-order valence-corrected chi connectivity index (χ1v) is 11.4. The maximum Gasteiger partial charge on any atom is 0.261 e. The Hall–Kier alpha value is -3.32. The largest absolute Gasteiger partial charge is 0.491 e. The third kappa shape index (κ3) is 6.33. The summed E-state index contributed by atoms with van der Waals surface area (Å²) in [5.74, 6) is 0.356. The fourth-order valence-electron chi connectivity index (χ4n) is 2.84. The quantitative estimate of drug-likeness (QED) is 0.549. The van der Waals surface area contributed by atoms with Gasteiger partial charge in [0.05, 0.1) is 10.9 Å². The van der Waals surface area contributed by atoms with E-state index in [0.29, 0.717) is 12.3 Å². The van der Waals surface area contributed by atoms with E-state index in [1.165, 1.54) is 12.1 Å². The molecule has 0 aliphatic rings. The average molecular weight is 439 g/mol. The van der Waals surface area contributed by atoms with E-state index in [-0.39, 0.29) is 22.4 Å². The van der Waals surface area contributed by atoms with Gasteiger partial charge >= 0.3 is 0 Å². The van der Waals surface area contributed by atoms with Gasteiger partial charge in [0.2, 0.25) is 0 Å². The summed E-state index contributed by atoms with van der Waals surface area (Å²) in [5.41, 5.74) is 2.89. The highest BCUT2D eigenvalue weighted by atomic mass is 32.2. The Kier molecular flexibility index (Phi) is 6.97. The van der Waals surface area contributed by atoms with Gasteiger partial charge in [-0.05, 0) is 63.2 Å². The first-order valence-electron chi connectivity index (χ1n) is 9.93. The number of aryl methyl sites for hydroxylation is 2. The number of benzene rings is 3. The van der Waals surface area contributed by atoms with Crippen molar-refractivity contribution in [2.75, 3.05) is 11.3 Å². The van der Waals surface area contributed by atoms with Gasteiger partial charge in [-0.15, -0.1) is 0 Å². The van der Waals surface area contributed by atoms with Crippen molar-refractivity contribution < 1.29 is 17.9 Å². The summed E-state index contributed by atoms with van der Waals surface area (Å²) in [6, 6.07) is 20.4. The highest BCUT2D eigenvalue weighted by Gasteiger charge is 2.17. The van der Waals surface area contributed by atoms with E-state index in [0.717, 1.165) is 16.9 Å². The number of carbonyl (C=O) groups excluding carboxylic acids is 1. The summed E-state index contributed by atoms with van der Waals surface area (Å²) in [5, 5.41) is 2.83. The zero-order valence-corrected chi connectivity index (χ0v) is 18.6. The lowest BCUT2D eigenvalue weighted by Gasteiger charge is -2.16. The van der Waals surface area contributed by atoms with Crippen LogP contribution in [0.5, 0.6) is 5.75 Å². The van der Waals surface area contributed by atoms with Crippen LogP contribution in [0.4, 0.5) is 5.69 Å².